The van der Waals surface area contributed by atoms with Crippen molar-refractivity contribution in [2.45, 2.75) is 50.3 Å². The van der Waals surface area contributed by atoms with Gasteiger partial charge in [0.05, 0.1) is 24.2 Å². The number of ether oxygens (including phenoxy) is 1. The van der Waals surface area contributed by atoms with Gasteiger partial charge in [0.2, 0.25) is 5.91 Å². The molecule has 0 saturated carbocycles. The van der Waals surface area contributed by atoms with Crippen molar-refractivity contribution in [3.05, 3.63) is 24.3 Å². The number of unbranched alkanes of at least 4 members (excludes halogenated alkanes) is 1. The van der Waals surface area contributed by atoms with Crippen LogP contribution < -0.4 is 9.64 Å². The zero-order chi connectivity index (χ0) is 21.7. The fourth-order valence-corrected chi connectivity index (χ4v) is 7.41. The van der Waals surface area contributed by atoms with Gasteiger partial charge in [0.25, 0.3) is 0 Å². The van der Waals surface area contributed by atoms with Gasteiger partial charge in [-0.25, -0.2) is 8.42 Å². The number of carbonyl (C=O) groups excluding carboxylic acids is 1. The number of sulfone groups is 1. The van der Waals surface area contributed by atoms with Gasteiger partial charge in [0, 0.05) is 29.8 Å². The number of carboxylic acids is 1. The fraction of sp³-hybridized carbons (Fsp3) is 0.550. The summed E-state index contributed by atoms with van der Waals surface area (Å²) in [6.45, 7) is 2.68. The molecule has 2 heterocycles. The molecule has 2 saturated heterocycles. The Morgan fingerprint density at radius 1 is 1.27 bits per heavy atom. The molecule has 2 fully saturated rings. The Kier molecular flexibility index (Phi) is 7.41. The van der Waals surface area contributed by atoms with Gasteiger partial charge in [-0.1, -0.05) is 31.2 Å². The van der Waals surface area contributed by atoms with Crippen LogP contribution in [-0.4, -0.2) is 60.0 Å². The van der Waals surface area contributed by atoms with Crippen LogP contribution in [0.2, 0.25) is 0 Å². The van der Waals surface area contributed by atoms with E-state index >= 15 is 0 Å². The lowest BCUT2D eigenvalue weighted by Gasteiger charge is -2.25. The van der Waals surface area contributed by atoms with Gasteiger partial charge in [0.15, 0.2) is 15.0 Å². The number of anilines is 1. The number of amides is 1. The first-order valence-electron chi connectivity index (χ1n) is 10.0. The number of carboxylic acid groups (broad SMARTS) is 1. The van der Waals surface area contributed by atoms with Crippen LogP contribution in [0.4, 0.5) is 5.69 Å². The highest BCUT2D eigenvalue weighted by Crippen LogP contribution is 2.41. The van der Waals surface area contributed by atoms with Crippen molar-refractivity contribution < 1.29 is 27.9 Å². The van der Waals surface area contributed by atoms with Gasteiger partial charge < -0.3 is 14.7 Å². The topological polar surface area (TPSA) is 113 Å². The van der Waals surface area contributed by atoms with E-state index in [0.717, 1.165) is 18.5 Å². The van der Waals surface area contributed by atoms with Crippen LogP contribution in [0.15, 0.2) is 29.3 Å². The van der Waals surface area contributed by atoms with Gasteiger partial charge in [-0.2, -0.15) is 4.99 Å². The summed E-state index contributed by atoms with van der Waals surface area (Å²) >= 11 is 1.30. The van der Waals surface area contributed by atoms with E-state index in [9.17, 15) is 18.0 Å². The third-order valence-electron chi connectivity index (χ3n) is 4.93. The number of carbonyl (C=O) groups is 2. The van der Waals surface area contributed by atoms with E-state index in [1.165, 1.54) is 11.8 Å². The maximum atomic E-state index is 12.3. The average molecular weight is 455 g/mol. The molecule has 2 aliphatic heterocycles. The third kappa shape index (κ3) is 5.75. The zero-order valence-corrected chi connectivity index (χ0v) is 18.5. The lowest BCUT2D eigenvalue weighted by atomic mass is 10.2. The quantitative estimate of drug-likeness (QED) is 0.567. The number of aliphatic imine (C=N–C) groups is 1. The third-order valence-corrected chi connectivity index (χ3v) is 8.14. The first-order valence-corrected chi connectivity index (χ1v) is 12.7. The minimum Gasteiger partial charge on any atom is -0.494 e. The summed E-state index contributed by atoms with van der Waals surface area (Å²) in [7, 11) is -3.15. The summed E-state index contributed by atoms with van der Waals surface area (Å²) < 4.78 is 30.1. The van der Waals surface area contributed by atoms with Crippen molar-refractivity contribution in [1.29, 1.82) is 0 Å². The van der Waals surface area contributed by atoms with E-state index in [4.69, 9.17) is 9.84 Å². The summed E-state index contributed by atoms with van der Waals surface area (Å²) in [6.07, 6.45) is 2.12. The molecule has 3 rings (SSSR count). The second kappa shape index (κ2) is 9.82. The minimum absolute atomic E-state index is 0.0117. The Hall–Kier alpha value is -2.07. The van der Waals surface area contributed by atoms with Gasteiger partial charge in [-0.05, 0) is 25.0 Å². The molecule has 2 aliphatic rings. The molecule has 1 amide bonds. The first kappa shape index (κ1) is 22.6. The van der Waals surface area contributed by atoms with Crippen LogP contribution in [0.3, 0.4) is 0 Å². The summed E-state index contributed by atoms with van der Waals surface area (Å²) in [5.74, 6) is -0.605. The van der Waals surface area contributed by atoms with Crippen LogP contribution in [0.1, 0.15) is 39.0 Å². The Morgan fingerprint density at radius 2 is 2.07 bits per heavy atom. The predicted molar refractivity (Wildman–Crippen MR) is 117 cm³/mol. The van der Waals surface area contributed by atoms with Gasteiger partial charge in [-0.15, -0.1) is 0 Å². The van der Waals surface area contributed by atoms with E-state index in [1.54, 1.807) is 0 Å². The molecule has 0 radical (unpaired) electrons. The van der Waals surface area contributed by atoms with Crippen LogP contribution >= 0.6 is 11.8 Å². The molecule has 1 aromatic carbocycles. The van der Waals surface area contributed by atoms with E-state index in [-0.39, 0.29) is 42.1 Å². The number of rotatable bonds is 9. The maximum Gasteiger partial charge on any atom is 0.303 e. The highest BCUT2D eigenvalue weighted by Gasteiger charge is 2.49. The first-order chi connectivity index (χ1) is 14.3. The van der Waals surface area contributed by atoms with Crippen molar-refractivity contribution in [3.63, 3.8) is 0 Å². The molecule has 0 bridgehead atoms. The van der Waals surface area contributed by atoms with E-state index in [0.29, 0.717) is 17.5 Å². The number of hydrogen-bond acceptors (Lipinski definition) is 6. The van der Waals surface area contributed by atoms with Gasteiger partial charge in [-0.3, -0.25) is 9.59 Å². The van der Waals surface area contributed by atoms with E-state index in [1.807, 2.05) is 29.2 Å². The highest BCUT2D eigenvalue weighted by molar-refractivity contribution is 8.16. The minimum atomic E-state index is -3.15. The van der Waals surface area contributed by atoms with Crippen molar-refractivity contribution in [2.75, 3.05) is 23.0 Å². The molecule has 0 aliphatic carbocycles. The zero-order valence-electron chi connectivity index (χ0n) is 16.8. The van der Waals surface area contributed by atoms with E-state index in [2.05, 4.69) is 11.9 Å². The molecule has 2 atom stereocenters. The Balaban J connectivity index is 1.83. The summed E-state index contributed by atoms with van der Waals surface area (Å²) in [6, 6.07) is 7.08. The molecule has 30 heavy (non-hydrogen) atoms. The monoisotopic (exact) mass is 454 g/mol. The van der Waals surface area contributed by atoms with Crippen LogP contribution in [-0.2, 0) is 19.4 Å². The predicted octanol–water partition coefficient (Wildman–Crippen LogP) is 2.72. The Bertz CT molecular complexity index is 931. The second-order valence-electron chi connectivity index (χ2n) is 7.41. The fourth-order valence-electron chi connectivity index (χ4n) is 3.48. The largest absolute Gasteiger partial charge is 0.494 e. The van der Waals surface area contributed by atoms with E-state index < -0.39 is 21.7 Å². The summed E-state index contributed by atoms with van der Waals surface area (Å²) in [4.78, 5) is 29.0. The van der Waals surface area contributed by atoms with Gasteiger partial charge >= 0.3 is 5.97 Å². The molecule has 10 heteroatoms. The maximum absolute atomic E-state index is 12.3. The number of hydrogen-bond donors (Lipinski definition) is 1. The number of aliphatic carboxylic acids is 1. The summed E-state index contributed by atoms with van der Waals surface area (Å²) in [5, 5.41) is 9.01. The van der Waals surface area contributed by atoms with Crippen molar-refractivity contribution >= 4 is 44.3 Å². The molecule has 1 N–H and O–H groups in total. The number of thioether (sulfide) groups is 1. The number of nitrogens with zero attached hydrogens (tertiary/aromatic N) is 2. The van der Waals surface area contributed by atoms with Crippen molar-refractivity contribution in [1.82, 2.24) is 0 Å². The smallest absolute Gasteiger partial charge is 0.303 e. The Labute approximate surface area is 180 Å². The number of benzene rings is 1. The lowest BCUT2D eigenvalue weighted by molar-refractivity contribution is -0.137. The Morgan fingerprint density at radius 3 is 2.80 bits per heavy atom. The van der Waals surface area contributed by atoms with Crippen LogP contribution in [0, 0.1) is 0 Å². The SMILES string of the molecule is CCCCOc1cccc(N2C(=NC(=O)CCCC(=O)O)S[C@@H]3CS(=O)(=O)C[C@H]32)c1. The standard InChI is InChI=1S/C20H26N2O6S2/c1-2-3-10-28-15-7-4-6-14(11-15)22-16-12-30(26,27)13-17(16)29-20(22)21-18(23)8-5-9-19(24)25/h4,6-7,11,16-17H,2-3,5,8-10,12-13H2,1H3,(H,24,25)/t16-,17-/m1/s1. The molecule has 0 spiro atoms. The molecule has 8 nitrogen and oxygen atoms in total. The molecule has 0 unspecified atom stereocenters. The second-order valence-corrected chi connectivity index (χ2v) is 10.8. The van der Waals surface area contributed by atoms with Crippen molar-refractivity contribution in [3.8, 4) is 5.75 Å². The number of amidine groups is 1. The molecule has 1 aromatic rings. The molecular formula is C20H26N2O6S2. The summed E-state index contributed by atoms with van der Waals surface area (Å²) in [5.41, 5.74) is 0.734. The highest BCUT2D eigenvalue weighted by atomic mass is 32.2. The lowest BCUT2D eigenvalue weighted by Crippen LogP contribution is -2.37. The van der Waals surface area contributed by atoms with Crippen molar-refractivity contribution in [2.24, 2.45) is 4.99 Å². The van der Waals surface area contributed by atoms with Crippen LogP contribution in [0.25, 0.3) is 0 Å². The van der Waals surface area contributed by atoms with Crippen LogP contribution in [0.5, 0.6) is 5.75 Å². The molecule has 0 aromatic heterocycles. The molecular weight excluding hydrogens is 428 g/mol. The number of fused-ring (bicyclic) bond motifs is 1. The molecule has 164 valence electrons. The average Bonchev–Trinajstić information content (AvgIpc) is 3.12. The normalized spacial score (nSPS) is 23.5. The van der Waals surface area contributed by atoms with Gasteiger partial charge in [0.1, 0.15) is 5.75 Å².